The summed E-state index contributed by atoms with van der Waals surface area (Å²) in [6, 6.07) is 5.50. The number of halogens is 3. The number of hydrogen-bond acceptors (Lipinski definition) is 2. The third-order valence-electron chi connectivity index (χ3n) is 4.64. The summed E-state index contributed by atoms with van der Waals surface area (Å²) in [5.41, 5.74) is 2.13. The van der Waals surface area contributed by atoms with Crippen molar-refractivity contribution in [3.05, 3.63) is 53.5 Å². The minimum absolute atomic E-state index is 0.0701. The molecule has 0 N–H and O–H groups in total. The van der Waals surface area contributed by atoms with E-state index >= 15 is 0 Å². The molecule has 0 fully saturated rings. The van der Waals surface area contributed by atoms with Crippen molar-refractivity contribution in [2.45, 2.75) is 25.9 Å². The second kappa shape index (κ2) is 7.28. The zero-order valence-corrected chi connectivity index (χ0v) is 14.7. The van der Waals surface area contributed by atoms with Crippen LogP contribution in [0.4, 0.5) is 13.2 Å². The lowest BCUT2D eigenvalue weighted by Crippen LogP contribution is -2.39. The Kier molecular flexibility index (Phi) is 5.08. The average molecular weight is 359 g/mol. The summed E-state index contributed by atoms with van der Waals surface area (Å²) < 4.78 is 42.5. The minimum atomic E-state index is -0.923. The molecule has 1 aliphatic rings. The highest BCUT2D eigenvalue weighted by molar-refractivity contribution is 5.93. The molecule has 0 amide bonds. The van der Waals surface area contributed by atoms with Gasteiger partial charge in [0.1, 0.15) is 25.2 Å². The van der Waals surface area contributed by atoms with Crippen molar-refractivity contribution >= 4 is 16.6 Å². The number of fused-ring (bicyclic) bond motifs is 1. The van der Waals surface area contributed by atoms with E-state index in [9.17, 15) is 18.4 Å². The summed E-state index contributed by atoms with van der Waals surface area (Å²) >= 11 is 0. The van der Waals surface area contributed by atoms with E-state index in [-0.39, 0.29) is 6.04 Å². The lowest BCUT2D eigenvalue weighted by atomic mass is 10.1. The molecule has 1 aliphatic heterocycles. The van der Waals surface area contributed by atoms with Crippen LogP contribution in [-0.4, -0.2) is 35.4 Å². The average Bonchev–Trinajstić information content (AvgIpc) is 2.96. The van der Waals surface area contributed by atoms with Gasteiger partial charge in [-0.05, 0) is 38.1 Å². The van der Waals surface area contributed by atoms with Gasteiger partial charge in [-0.3, -0.25) is 0 Å². The highest BCUT2D eigenvalue weighted by Crippen LogP contribution is 2.36. The lowest BCUT2D eigenvalue weighted by molar-refractivity contribution is 0.211. The molecule has 0 unspecified atom stereocenters. The molecule has 26 heavy (non-hydrogen) atoms. The molecule has 3 rings (SSSR count). The summed E-state index contributed by atoms with van der Waals surface area (Å²) in [5, 5.41) is 10.4. The first-order valence-electron chi connectivity index (χ1n) is 8.52. The zero-order valence-electron chi connectivity index (χ0n) is 14.7. The Morgan fingerprint density at radius 1 is 1.23 bits per heavy atom. The summed E-state index contributed by atoms with van der Waals surface area (Å²) in [4.78, 5) is 1.63. The van der Waals surface area contributed by atoms with Gasteiger partial charge in [0.15, 0.2) is 0 Å². The Hall–Kier alpha value is -2.68. The van der Waals surface area contributed by atoms with Gasteiger partial charge in [0.2, 0.25) is 0 Å². The van der Waals surface area contributed by atoms with Crippen LogP contribution in [-0.2, 0) is 0 Å². The van der Waals surface area contributed by atoms with Gasteiger partial charge in [0, 0.05) is 18.0 Å². The number of alkyl halides is 2. The number of benzene rings is 1. The molecule has 0 spiro atoms. The molecule has 0 aliphatic carbocycles. The van der Waals surface area contributed by atoms with Gasteiger partial charge in [-0.2, -0.15) is 5.26 Å². The number of nitrogens with zero attached hydrogens (tertiary/aromatic N) is 3. The number of allylic oxidation sites excluding steroid dienone is 2. The quantitative estimate of drug-likeness (QED) is 0.771. The third-order valence-corrected chi connectivity index (χ3v) is 4.64. The Morgan fingerprint density at radius 3 is 2.58 bits per heavy atom. The zero-order chi connectivity index (χ0) is 18.8. The molecule has 0 saturated heterocycles. The molecule has 6 heteroatoms. The molecule has 136 valence electrons. The van der Waals surface area contributed by atoms with Crippen molar-refractivity contribution in [1.82, 2.24) is 9.47 Å². The molecule has 2 aromatic rings. The first-order chi connectivity index (χ1) is 12.5. The van der Waals surface area contributed by atoms with Crippen LogP contribution in [0.3, 0.4) is 0 Å². The van der Waals surface area contributed by atoms with E-state index in [0.717, 1.165) is 0 Å². The van der Waals surface area contributed by atoms with Crippen molar-refractivity contribution in [1.29, 1.82) is 5.26 Å². The molecular weight excluding hydrogens is 339 g/mol. The largest absolute Gasteiger partial charge is 0.358 e. The first kappa shape index (κ1) is 18.1. The maximum Gasteiger partial charge on any atom is 0.125 e. The van der Waals surface area contributed by atoms with Crippen LogP contribution in [0.5, 0.6) is 0 Å². The van der Waals surface area contributed by atoms with Crippen molar-refractivity contribution in [2.75, 3.05) is 19.9 Å². The summed E-state index contributed by atoms with van der Waals surface area (Å²) in [6.07, 6.45) is 5.38. The molecule has 0 radical (unpaired) electrons. The molecule has 0 atom stereocenters. The smallest absolute Gasteiger partial charge is 0.125 e. The van der Waals surface area contributed by atoms with Crippen molar-refractivity contribution in [3.63, 3.8) is 0 Å². The van der Waals surface area contributed by atoms with Crippen LogP contribution in [0.1, 0.15) is 31.1 Å². The van der Waals surface area contributed by atoms with E-state index in [1.165, 1.54) is 12.1 Å². The summed E-state index contributed by atoms with van der Waals surface area (Å²) in [7, 11) is 0. The topological polar surface area (TPSA) is 32.0 Å². The SMILES string of the molecule is CC(C)n1c(C2=CC=CCN2C(CF)CF)c(C#N)c2ccc(F)cc21. The maximum absolute atomic E-state index is 13.8. The van der Waals surface area contributed by atoms with E-state index < -0.39 is 25.2 Å². The monoisotopic (exact) mass is 359 g/mol. The summed E-state index contributed by atoms with van der Waals surface area (Å²) in [6.45, 7) is 2.55. The molecule has 3 nitrogen and oxygen atoms in total. The number of aromatic nitrogens is 1. The van der Waals surface area contributed by atoms with Gasteiger partial charge >= 0.3 is 0 Å². The molecule has 1 aromatic heterocycles. The van der Waals surface area contributed by atoms with Crippen LogP contribution in [0.2, 0.25) is 0 Å². The second-order valence-electron chi connectivity index (χ2n) is 6.56. The number of hydrogen-bond donors (Lipinski definition) is 0. The van der Waals surface area contributed by atoms with Crippen molar-refractivity contribution in [3.8, 4) is 6.07 Å². The van der Waals surface area contributed by atoms with Gasteiger partial charge in [0.25, 0.3) is 0 Å². The molecule has 0 saturated carbocycles. The van der Waals surface area contributed by atoms with Gasteiger partial charge < -0.3 is 9.47 Å². The third kappa shape index (κ3) is 2.88. The Labute approximate surface area is 150 Å². The van der Waals surface area contributed by atoms with E-state index in [0.29, 0.717) is 34.4 Å². The second-order valence-corrected chi connectivity index (χ2v) is 6.56. The normalized spacial score (nSPS) is 14.4. The Bertz CT molecular complexity index is 915. The lowest BCUT2D eigenvalue weighted by Gasteiger charge is -2.34. The minimum Gasteiger partial charge on any atom is -0.358 e. The van der Waals surface area contributed by atoms with Crippen LogP contribution >= 0.6 is 0 Å². The molecular formula is C20H20F3N3. The van der Waals surface area contributed by atoms with Crippen molar-refractivity contribution < 1.29 is 13.2 Å². The summed E-state index contributed by atoms with van der Waals surface area (Å²) in [5.74, 6) is -0.396. The highest BCUT2D eigenvalue weighted by Gasteiger charge is 2.29. The Morgan fingerprint density at radius 2 is 1.96 bits per heavy atom. The van der Waals surface area contributed by atoms with Crippen LogP contribution < -0.4 is 0 Å². The predicted molar refractivity (Wildman–Crippen MR) is 96.6 cm³/mol. The van der Waals surface area contributed by atoms with Gasteiger partial charge in [-0.15, -0.1) is 0 Å². The molecule has 1 aromatic carbocycles. The maximum atomic E-state index is 13.8. The highest BCUT2D eigenvalue weighted by atomic mass is 19.1. The van der Waals surface area contributed by atoms with E-state index in [1.54, 1.807) is 17.0 Å². The van der Waals surface area contributed by atoms with Crippen molar-refractivity contribution in [2.24, 2.45) is 0 Å². The molecule has 2 heterocycles. The Balaban J connectivity index is 2.33. The van der Waals surface area contributed by atoms with E-state index in [2.05, 4.69) is 6.07 Å². The van der Waals surface area contributed by atoms with E-state index in [1.807, 2.05) is 30.6 Å². The van der Waals surface area contributed by atoms with Crippen LogP contribution in [0.25, 0.3) is 16.6 Å². The van der Waals surface area contributed by atoms with E-state index in [4.69, 9.17) is 0 Å². The van der Waals surface area contributed by atoms with Gasteiger partial charge in [0.05, 0.1) is 28.5 Å². The molecule has 0 bridgehead atoms. The number of nitriles is 1. The fourth-order valence-corrected chi connectivity index (χ4v) is 3.48. The fourth-order valence-electron chi connectivity index (χ4n) is 3.48. The van der Waals surface area contributed by atoms with Crippen LogP contribution in [0.15, 0.2) is 36.4 Å². The predicted octanol–water partition coefficient (Wildman–Crippen LogP) is 4.75. The first-order valence-corrected chi connectivity index (χ1v) is 8.52. The standard InChI is InChI=1S/C20H20F3N3/c1-13(2)26-19-9-14(23)6-7-16(19)17(12-24)20(26)18-5-3-4-8-25(18)15(10-21)11-22/h3-7,9,13,15H,8,10-11H2,1-2H3. The van der Waals surface area contributed by atoms with Gasteiger partial charge in [-0.25, -0.2) is 13.2 Å². The number of rotatable bonds is 5. The van der Waals surface area contributed by atoms with Gasteiger partial charge in [-0.1, -0.05) is 12.2 Å². The fraction of sp³-hybridized carbons (Fsp3) is 0.350. The van der Waals surface area contributed by atoms with Crippen LogP contribution in [0, 0.1) is 17.1 Å².